The van der Waals surface area contributed by atoms with Gasteiger partial charge < -0.3 is 14.5 Å². The summed E-state index contributed by atoms with van der Waals surface area (Å²) in [5.41, 5.74) is 4.92. The Bertz CT molecular complexity index is 1410. The second-order valence-corrected chi connectivity index (χ2v) is 8.83. The lowest BCUT2D eigenvalue weighted by molar-refractivity contribution is -0.120. The SMILES string of the molecule is COc1cc(/C=N/NC(=O)Cc2nc3sc(C)c(C)c3c(=O)[nH]2)ccc1OCc1ccccc1. The first kappa shape index (κ1) is 23.2. The third-order valence-electron chi connectivity index (χ3n) is 5.24. The molecule has 4 rings (SSSR count). The molecule has 2 N–H and O–H groups in total. The molecule has 0 spiro atoms. The van der Waals surface area contributed by atoms with Crippen LogP contribution in [-0.2, 0) is 17.8 Å². The number of amides is 1. The van der Waals surface area contributed by atoms with Crippen LogP contribution in [0.25, 0.3) is 10.2 Å². The number of methoxy groups -OCH3 is 1. The van der Waals surface area contributed by atoms with Gasteiger partial charge in [-0.3, -0.25) is 9.59 Å². The first-order valence-corrected chi connectivity index (χ1v) is 11.4. The molecule has 0 bridgehead atoms. The number of hydrogen-bond donors (Lipinski definition) is 2. The number of aromatic amines is 1. The fourth-order valence-electron chi connectivity index (χ4n) is 3.37. The molecule has 9 heteroatoms. The number of benzene rings is 2. The van der Waals surface area contributed by atoms with Crippen molar-refractivity contribution in [2.45, 2.75) is 26.9 Å². The van der Waals surface area contributed by atoms with E-state index in [-0.39, 0.29) is 12.0 Å². The van der Waals surface area contributed by atoms with Gasteiger partial charge in [-0.15, -0.1) is 11.3 Å². The van der Waals surface area contributed by atoms with E-state index in [2.05, 4.69) is 20.5 Å². The largest absolute Gasteiger partial charge is 0.493 e. The van der Waals surface area contributed by atoms with Crippen molar-refractivity contribution in [3.63, 3.8) is 0 Å². The van der Waals surface area contributed by atoms with Crippen molar-refractivity contribution in [2.75, 3.05) is 7.11 Å². The van der Waals surface area contributed by atoms with Crippen molar-refractivity contribution >= 4 is 33.7 Å². The highest BCUT2D eigenvalue weighted by atomic mass is 32.1. The minimum atomic E-state index is -0.390. The van der Waals surface area contributed by atoms with Crippen LogP contribution in [0.15, 0.2) is 58.4 Å². The molecule has 0 aliphatic rings. The maximum absolute atomic E-state index is 12.4. The van der Waals surface area contributed by atoms with E-state index in [1.165, 1.54) is 17.6 Å². The molecule has 0 unspecified atom stereocenters. The zero-order valence-corrected chi connectivity index (χ0v) is 19.9. The Kier molecular flexibility index (Phi) is 7.03. The minimum Gasteiger partial charge on any atom is -0.493 e. The summed E-state index contributed by atoms with van der Waals surface area (Å²) in [5, 5.41) is 4.58. The van der Waals surface area contributed by atoms with E-state index in [0.29, 0.717) is 34.1 Å². The van der Waals surface area contributed by atoms with Crippen LogP contribution in [0.5, 0.6) is 11.5 Å². The molecule has 0 saturated carbocycles. The molecule has 0 radical (unpaired) electrons. The number of carbonyl (C=O) groups excluding carboxylic acids is 1. The van der Waals surface area contributed by atoms with Gasteiger partial charge >= 0.3 is 0 Å². The number of thiophene rings is 1. The maximum atomic E-state index is 12.4. The number of ether oxygens (including phenoxy) is 2. The normalized spacial score (nSPS) is 11.1. The Hall–Kier alpha value is -3.98. The third-order valence-corrected chi connectivity index (χ3v) is 6.34. The van der Waals surface area contributed by atoms with E-state index in [1.807, 2.05) is 50.2 Å². The quantitative estimate of drug-likeness (QED) is 0.297. The Morgan fingerprint density at radius 1 is 1.18 bits per heavy atom. The highest BCUT2D eigenvalue weighted by molar-refractivity contribution is 7.18. The number of nitrogens with zero attached hydrogens (tertiary/aromatic N) is 2. The van der Waals surface area contributed by atoms with E-state index in [1.54, 1.807) is 19.2 Å². The first-order valence-electron chi connectivity index (χ1n) is 10.6. The molecule has 0 aliphatic heterocycles. The van der Waals surface area contributed by atoms with E-state index in [4.69, 9.17) is 9.47 Å². The van der Waals surface area contributed by atoms with Crippen LogP contribution < -0.4 is 20.5 Å². The summed E-state index contributed by atoms with van der Waals surface area (Å²) in [6, 6.07) is 15.2. The van der Waals surface area contributed by atoms with Crippen LogP contribution >= 0.6 is 11.3 Å². The van der Waals surface area contributed by atoms with Gasteiger partial charge in [-0.1, -0.05) is 30.3 Å². The van der Waals surface area contributed by atoms with Gasteiger partial charge in [0.15, 0.2) is 11.5 Å². The highest BCUT2D eigenvalue weighted by Crippen LogP contribution is 2.28. The fourth-order valence-corrected chi connectivity index (χ4v) is 4.42. The smallest absolute Gasteiger partial charge is 0.259 e. The zero-order valence-electron chi connectivity index (χ0n) is 19.0. The predicted octanol–water partition coefficient (Wildman–Crippen LogP) is 3.88. The van der Waals surface area contributed by atoms with Crippen LogP contribution in [-0.4, -0.2) is 29.2 Å². The van der Waals surface area contributed by atoms with E-state index < -0.39 is 5.91 Å². The molecule has 174 valence electrons. The lowest BCUT2D eigenvalue weighted by Crippen LogP contribution is -2.23. The maximum Gasteiger partial charge on any atom is 0.259 e. The van der Waals surface area contributed by atoms with E-state index in [0.717, 1.165) is 21.6 Å². The number of aromatic nitrogens is 2. The van der Waals surface area contributed by atoms with Gasteiger partial charge in [-0.2, -0.15) is 5.10 Å². The molecule has 0 aliphatic carbocycles. The minimum absolute atomic E-state index is 0.0892. The molecule has 8 nitrogen and oxygen atoms in total. The summed E-state index contributed by atoms with van der Waals surface area (Å²) in [4.78, 5) is 33.4. The fraction of sp³-hybridized carbons (Fsp3) is 0.200. The molecule has 0 saturated heterocycles. The average molecular weight is 477 g/mol. The number of aryl methyl sites for hydroxylation is 2. The molecular weight excluding hydrogens is 452 g/mol. The first-order chi connectivity index (χ1) is 16.4. The summed E-state index contributed by atoms with van der Waals surface area (Å²) in [6.07, 6.45) is 1.42. The number of carbonyl (C=O) groups is 1. The van der Waals surface area contributed by atoms with Crippen molar-refractivity contribution in [3.8, 4) is 11.5 Å². The summed E-state index contributed by atoms with van der Waals surface area (Å²) in [5.74, 6) is 1.08. The lowest BCUT2D eigenvalue weighted by Gasteiger charge is -2.11. The lowest BCUT2D eigenvalue weighted by atomic mass is 10.2. The van der Waals surface area contributed by atoms with Crippen LogP contribution in [0, 0.1) is 13.8 Å². The third kappa shape index (κ3) is 5.32. The van der Waals surface area contributed by atoms with Gasteiger partial charge in [-0.05, 0) is 48.7 Å². The molecule has 0 atom stereocenters. The van der Waals surface area contributed by atoms with Gasteiger partial charge in [0, 0.05) is 4.88 Å². The second-order valence-electron chi connectivity index (χ2n) is 7.63. The number of nitrogens with one attached hydrogen (secondary N) is 2. The van der Waals surface area contributed by atoms with Gasteiger partial charge in [0.25, 0.3) is 5.56 Å². The topological polar surface area (TPSA) is 106 Å². The van der Waals surface area contributed by atoms with Gasteiger partial charge in [0.2, 0.25) is 5.91 Å². The molecule has 0 fully saturated rings. The monoisotopic (exact) mass is 476 g/mol. The van der Waals surface area contributed by atoms with Crippen molar-refractivity contribution in [2.24, 2.45) is 5.10 Å². The summed E-state index contributed by atoms with van der Waals surface area (Å²) in [6.45, 7) is 4.26. The molecule has 2 aromatic heterocycles. The standard InChI is InChI=1S/C25H24N4O4S/c1-15-16(2)34-25-23(15)24(31)27-21(28-25)12-22(30)29-26-13-18-9-10-19(20(11-18)32-3)33-14-17-7-5-4-6-8-17/h4-11,13H,12,14H2,1-3H3,(H,29,30)(H,27,28,31)/b26-13+. The Morgan fingerprint density at radius 3 is 2.74 bits per heavy atom. The predicted molar refractivity (Wildman–Crippen MR) is 133 cm³/mol. The van der Waals surface area contributed by atoms with Crippen LogP contribution in [0.1, 0.15) is 27.4 Å². The molecular formula is C25H24N4O4S. The van der Waals surface area contributed by atoms with Crippen molar-refractivity contribution in [1.82, 2.24) is 15.4 Å². The van der Waals surface area contributed by atoms with E-state index in [9.17, 15) is 9.59 Å². The Morgan fingerprint density at radius 2 is 1.97 bits per heavy atom. The Labute approximate surface area is 200 Å². The van der Waals surface area contributed by atoms with Crippen LogP contribution in [0.2, 0.25) is 0 Å². The van der Waals surface area contributed by atoms with Gasteiger partial charge in [0.05, 0.1) is 25.1 Å². The number of rotatable bonds is 8. The van der Waals surface area contributed by atoms with Gasteiger partial charge in [-0.25, -0.2) is 10.4 Å². The van der Waals surface area contributed by atoms with Crippen molar-refractivity contribution in [1.29, 1.82) is 0 Å². The molecule has 2 aromatic carbocycles. The number of hydrogen-bond acceptors (Lipinski definition) is 7. The zero-order chi connectivity index (χ0) is 24.1. The second kappa shape index (κ2) is 10.3. The summed E-state index contributed by atoms with van der Waals surface area (Å²) < 4.78 is 11.3. The number of fused-ring (bicyclic) bond motifs is 1. The van der Waals surface area contributed by atoms with Crippen LogP contribution in [0.3, 0.4) is 0 Å². The van der Waals surface area contributed by atoms with Crippen LogP contribution in [0.4, 0.5) is 0 Å². The summed E-state index contributed by atoms with van der Waals surface area (Å²) >= 11 is 1.44. The number of hydrazone groups is 1. The number of H-pyrrole nitrogens is 1. The van der Waals surface area contributed by atoms with E-state index >= 15 is 0 Å². The summed E-state index contributed by atoms with van der Waals surface area (Å²) in [7, 11) is 1.56. The molecule has 1 amide bonds. The molecule has 2 heterocycles. The van der Waals surface area contributed by atoms with Crippen molar-refractivity contribution in [3.05, 3.63) is 86.3 Å². The molecule has 34 heavy (non-hydrogen) atoms. The Balaban J connectivity index is 1.37. The van der Waals surface area contributed by atoms with Gasteiger partial charge in [0.1, 0.15) is 17.3 Å². The highest BCUT2D eigenvalue weighted by Gasteiger charge is 2.13. The van der Waals surface area contributed by atoms with Crippen molar-refractivity contribution < 1.29 is 14.3 Å². The molecule has 4 aromatic rings. The average Bonchev–Trinajstić information content (AvgIpc) is 3.12.